The van der Waals surface area contributed by atoms with Gasteiger partial charge in [-0.25, -0.2) is 21.8 Å². The van der Waals surface area contributed by atoms with Crippen LogP contribution in [-0.2, 0) is 16.6 Å². The van der Waals surface area contributed by atoms with Crippen molar-refractivity contribution in [2.45, 2.75) is 11.4 Å². The maximum atomic E-state index is 13.4. The summed E-state index contributed by atoms with van der Waals surface area (Å²) in [5, 5.41) is 7.79. The van der Waals surface area contributed by atoms with Crippen LogP contribution in [0.5, 0.6) is 0 Å². The summed E-state index contributed by atoms with van der Waals surface area (Å²) in [6, 6.07) is 6.27. The molecule has 124 valence electrons. The minimum absolute atomic E-state index is 0.0444. The van der Waals surface area contributed by atoms with E-state index in [1.165, 1.54) is 37.0 Å². The fraction of sp³-hybridized carbons (Fsp3) is 0.286. The lowest BCUT2D eigenvalue weighted by atomic mass is 10.2. The van der Waals surface area contributed by atoms with E-state index in [1.807, 2.05) is 0 Å². The Morgan fingerprint density at radius 2 is 2.00 bits per heavy atom. The fourth-order valence-electron chi connectivity index (χ4n) is 1.86. The number of benzene rings is 1. The van der Waals surface area contributed by atoms with Crippen molar-refractivity contribution in [3.05, 3.63) is 42.4 Å². The summed E-state index contributed by atoms with van der Waals surface area (Å²) in [5.74, 6) is -0.392. The Balaban J connectivity index is 2.21. The molecule has 7 nitrogen and oxygen atoms in total. The van der Waals surface area contributed by atoms with E-state index in [1.54, 1.807) is 18.3 Å². The number of allylic oxidation sites excluding steroid dienone is 1. The molecule has 0 saturated carbocycles. The van der Waals surface area contributed by atoms with Gasteiger partial charge in [0.15, 0.2) is 0 Å². The number of nitrogens with zero attached hydrogens (tertiary/aromatic N) is 4. The van der Waals surface area contributed by atoms with Gasteiger partial charge in [-0.15, -0.1) is 5.10 Å². The van der Waals surface area contributed by atoms with E-state index < -0.39 is 15.9 Å². The number of sulfonamides is 1. The van der Waals surface area contributed by atoms with Crippen LogP contribution in [0.25, 0.3) is 11.3 Å². The molecule has 0 aliphatic carbocycles. The molecule has 9 heteroatoms. The number of rotatable bonds is 6. The number of nitrogens with two attached hydrogens (primary N) is 1. The lowest BCUT2D eigenvalue weighted by Crippen LogP contribution is -2.22. The van der Waals surface area contributed by atoms with E-state index in [0.29, 0.717) is 11.3 Å². The van der Waals surface area contributed by atoms with Crippen LogP contribution < -0.4 is 5.73 Å². The van der Waals surface area contributed by atoms with E-state index in [9.17, 15) is 12.8 Å². The van der Waals surface area contributed by atoms with Crippen molar-refractivity contribution >= 4 is 10.0 Å². The Hall–Kier alpha value is -2.10. The van der Waals surface area contributed by atoms with Gasteiger partial charge < -0.3 is 5.73 Å². The molecule has 0 atom stereocenters. The largest absolute Gasteiger partial charge is 0.327 e. The second-order valence-electron chi connectivity index (χ2n) is 5.00. The molecule has 23 heavy (non-hydrogen) atoms. The summed E-state index contributed by atoms with van der Waals surface area (Å²) in [6.45, 7) is 0.0759. The maximum Gasteiger partial charge on any atom is 0.242 e. The lowest BCUT2D eigenvalue weighted by molar-refractivity contribution is 0.516. The molecule has 0 spiro atoms. The molecule has 0 bridgehead atoms. The molecule has 0 aliphatic rings. The SMILES string of the molecule is CN(C)S(=O)(=O)c1ccc(-c2cn(C/C(F)=C/CN)nn2)cc1. The van der Waals surface area contributed by atoms with Crippen LogP contribution in [0.4, 0.5) is 4.39 Å². The third-order valence-corrected chi connectivity index (χ3v) is 4.95. The first kappa shape index (κ1) is 17.3. The first-order valence-electron chi connectivity index (χ1n) is 6.82. The van der Waals surface area contributed by atoms with E-state index in [0.717, 1.165) is 4.31 Å². The summed E-state index contributed by atoms with van der Waals surface area (Å²) in [6.07, 6.45) is 2.85. The van der Waals surface area contributed by atoms with Gasteiger partial charge in [0.05, 0.1) is 17.6 Å². The van der Waals surface area contributed by atoms with Crippen molar-refractivity contribution in [1.82, 2.24) is 19.3 Å². The lowest BCUT2D eigenvalue weighted by Gasteiger charge is -2.11. The molecule has 0 fully saturated rings. The molecular weight excluding hydrogens is 321 g/mol. The highest BCUT2D eigenvalue weighted by Gasteiger charge is 2.17. The van der Waals surface area contributed by atoms with Gasteiger partial charge >= 0.3 is 0 Å². The predicted octanol–water partition coefficient (Wildman–Crippen LogP) is 1.01. The van der Waals surface area contributed by atoms with Crippen molar-refractivity contribution in [3.8, 4) is 11.3 Å². The highest BCUT2D eigenvalue weighted by atomic mass is 32.2. The maximum absolute atomic E-state index is 13.4. The zero-order chi connectivity index (χ0) is 17.0. The van der Waals surface area contributed by atoms with Gasteiger partial charge in [0, 0.05) is 26.2 Å². The average molecular weight is 339 g/mol. The van der Waals surface area contributed by atoms with Crippen LogP contribution in [0, 0.1) is 0 Å². The average Bonchev–Trinajstić information content (AvgIpc) is 2.96. The molecular formula is C14H18FN5O2S. The van der Waals surface area contributed by atoms with Gasteiger partial charge in [0.25, 0.3) is 0 Å². The number of halogens is 1. The Kier molecular flexibility index (Phi) is 5.24. The van der Waals surface area contributed by atoms with Crippen LogP contribution in [0.2, 0.25) is 0 Å². The molecule has 1 heterocycles. The van der Waals surface area contributed by atoms with Crippen molar-refractivity contribution in [2.75, 3.05) is 20.6 Å². The van der Waals surface area contributed by atoms with Crippen molar-refractivity contribution in [1.29, 1.82) is 0 Å². The van der Waals surface area contributed by atoms with Crippen LogP contribution in [0.3, 0.4) is 0 Å². The molecule has 0 aliphatic heterocycles. The second-order valence-corrected chi connectivity index (χ2v) is 7.15. The summed E-state index contributed by atoms with van der Waals surface area (Å²) in [5.41, 5.74) is 6.45. The Bertz CT molecular complexity index is 797. The number of hydrogen-bond acceptors (Lipinski definition) is 5. The Morgan fingerprint density at radius 1 is 1.35 bits per heavy atom. The van der Waals surface area contributed by atoms with Crippen LogP contribution in [0.1, 0.15) is 0 Å². The molecule has 1 aromatic heterocycles. The molecule has 1 aromatic carbocycles. The molecule has 0 amide bonds. The zero-order valence-corrected chi connectivity index (χ0v) is 13.7. The number of aromatic nitrogens is 3. The minimum Gasteiger partial charge on any atom is -0.327 e. The minimum atomic E-state index is -3.47. The zero-order valence-electron chi connectivity index (χ0n) is 12.8. The highest BCUT2D eigenvalue weighted by Crippen LogP contribution is 2.20. The van der Waals surface area contributed by atoms with E-state index in [-0.39, 0.29) is 18.0 Å². The van der Waals surface area contributed by atoms with Crippen LogP contribution in [-0.4, -0.2) is 48.4 Å². The van der Waals surface area contributed by atoms with Gasteiger partial charge in [0.2, 0.25) is 10.0 Å². The fourth-order valence-corrected chi connectivity index (χ4v) is 2.77. The quantitative estimate of drug-likeness (QED) is 0.847. The Labute approximate surface area is 134 Å². The van der Waals surface area contributed by atoms with Gasteiger partial charge in [-0.2, -0.15) is 0 Å². The molecule has 2 aromatic rings. The molecule has 0 radical (unpaired) electrons. The second kappa shape index (κ2) is 6.99. The van der Waals surface area contributed by atoms with Crippen LogP contribution in [0.15, 0.2) is 47.3 Å². The first-order valence-corrected chi connectivity index (χ1v) is 8.26. The van der Waals surface area contributed by atoms with Crippen molar-refractivity contribution in [2.24, 2.45) is 5.73 Å². The smallest absolute Gasteiger partial charge is 0.242 e. The highest BCUT2D eigenvalue weighted by molar-refractivity contribution is 7.89. The Morgan fingerprint density at radius 3 is 2.57 bits per heavy atom. The van der Waals surface area contributed by atoms with Gasteiger partial charge in [-0.3, -0.25) is 0 Å². The van der Waals surface area contributed by atoms with Gasteiger partial charge in [-0.1, -0.05) is 17.3 Å². The molecule has 0 saturated heterocycles. The standard InChI is InChI=1S/C14H18FN5O2S/c1-19(2)23(21,22)13-5-3-11(4-6-13)14-10-20(18-17-14)9-12(15)7-8-16/h3-7,10H,8-9,16H2,1-2H3/b12-7-. The summed E-state index contributed by atoms with van der Waals surface area (Å²) < 4.78 is 39.9. The summed E-state index contributed by atoms with van der Waals surface area (Å²) in [4.78, 5) is 0.190. The molecule has 2 N–H and O–H groups in total. The van der Waals surface area contributed by atoms with E-state index >= 15 is 0 Å². The topological polar surface area (TPSA) is 94.1 Å². The normalized spacial score (nSPS) is 12.8. The summed E-state index contributed by atoms with van der Waals surface area (Å²) >= 11 is 0. The third-order valence-electron chi connectivity index (χ3n) is 3.12. The van der Waals surface area contributed by atoms with Crippen molar-refractivity contribution in [3.63, 3.8) is 0 Å². The first-order chi connectivity index (χ1) is 10.8. The van der Waals surface area contributed by atoms with Gasteiger partial charge in [-0.05, 0) is 18.2 Å². The summed E-state index contributed by atoms with van der Waals surface area (Å²) in [7, 11) is -0.529. The monoisotopic (exact) mass is 339 g/mol. The van der Waals surface area contributed by atoms with Crippen molar-refractivity contribution < 1.29 is 12.8 Å². The predicted molar refractivity (Wildman–Crippen MR) is 84.6 cm³/mol. The van der Waals surface area contributed by atoms with Crippen LogP contribution >= 0.6 is 0 Å². The third kappa shape index (κ3) is 4.01. The van der Waals surface area contributed by atoms with E-state index in [2.05, 4.69) is 10.3 Å². The van der Waals surface area contributed by atoms with E-state index in [4.69, 9.17) is 5.73 Å². The van der Waals surface area contributed by atoms with Gasteiger partial charge in [0.1, 0.15) is 11.5 Å². The molecule has 0 unspecified atom stereocenters. The number of hydrogen-bond donors (Lipinski definition) is 1. The molecule has 2 rings (SSSR count).